The molecular weight excluding hydrogens is 200 g/mol. The highest BCUT2D eigenvalue weighted by molar-refractivity contribution is 5.81. The first-order valence-electron chi connectivity index (χ1n) is 6.72. The van der Waals surface area contributed by atoms with E-state index in [9.17, 15) is 4.79 Å². The van der Waals surface area contributed by atoms with Gasteiger partial charge in [0.15, 0.2) is 0 Å². The normalized spacial score (nSPS) is 46.8. The first-order chi connectivity index (χ1) is 7.66. The molecule has 3 rings (SSSR count). The maximum atomic E-state index is 11.6. The lowest BCUT2D eigenvalue weighted by Crippen LogP contribution is -2.47. The minimum absolute atomic E-state index is 0.0343. The molecule has 3 aliphatic carbocycles. The summed E-state index contributed by atoms with van der Waals surface area (Å²) in [4.78, 5) is 11.6. The number of amides is 1. The largest absolute Gasteiger partial charge is 0.352 e. The number of rotatable bonds is 2. The van der Waals surface area contributed by atoms with Gasteiger partial charge >= 0.3 is 0 Å². The van der Waals surface area contributed by atoms with Crippen molar-refractivity contribution in [3.63, 3.8) is 0 Å². The first kappa shape index (κ1) is 10.6. The van der Waals surface area contributed by atoms with E-state index in [1.54, 1.807) is 6.92 Å². The van der Waals surface area contributed by atoms with E-state index in [1.165, 1.54) is 32.1 Å². The van der Waals surface area contributed by atoms with Gasteiger partial charge in [-0.3, -0.25) is 4.79 Å². The van der Waals surface area contributed by atoms with E-state index < -0.39 is 0 Å². The standard InChI is InChI=1S/C13H22N2O/c1-7(14)13(16)15-12-6-8-5-11(12)10-4-2-3-9(8)10/h7-12H,2-6,14H2,1H3,(H,15,16)/t7-,8?,9?,10?,11?,12?/m1/s1. The lowest BCUT2D eigenvalue weighted by molar-refractivity contribution is -0.123. The highest BCUT2D eigenvalue weighted by Gasteiger charge is 2.54. The molecule has 16 heavy (non-hydrogen) atoms. The highest BCUT2D eigenvalue weighted by Crippen LogP contribution is 2.58. The molecule has 90 valence electrons. The number of fused-ring (bicyclic) bond motifs is 5. The molecule has 0 aromatic carbocycles. The topological polar surface area (TPSA) is 55.1 Å². The minimum atomic E-state index is -0.362. The van der Waals surface area contributed by atoms with E-state index >= 15 is 0 Å². The van der Waals surface area contributed by atoms with Gasteiger partial charge in [0, 0.05) is 6.04 Å². The lowest BCUT2D eigenvalue weighted by Gasteiger charge is -2.32. The summed E-state index contributed by atoms with van der Waals surface area (Å²) in [6.07, 6.45) is 6.83. The average molecular weight is 222 g/mol. The maximum absolute atomic E-state index is 11.6. The van der Waals surface area contributed by atoms with E-state index in [4.69, 9.17) is 5.73 Å². The van der Waals surface area contributed by atoms with Crippen LogP contribution >= 0.6 is 0 Å². The van der Waals surface area contributed by atoms with Crippen LogP contribution in [-0.4, -0.2) is 18.0 Å². The molecule has 2 bridgehead atoms. The van der Waals surface area contributed by atoms with Gasteiger partial charge in [0.05, 0.1) is 6.04 Å². The summed E-state index contributed by atoms with van der Waals surface area (Å²) in [5.41, 5.74) is 5.61. The highest BCUT2D eigenvalue weighted by atomic mass is 16.2. The number of nitrogens with one attached hydrogen (secondary N) is 1. The molecule has 0 aliphatic heterocycles. The van der Waals surface area contributed by atoms with Gasteiger partial charge in [0.1, 0.15) is 0 Å². The molecule has 0 aromatic rings. The van der Waals surface area contributed by atoms with E-state index in [0.717, 1.165) is 23.7 Å². The average Bonchev–Trinajstić information content (AvgIpc) is 2.87. The molecule has 3 heteroatoms. The lowest BCUT2D eigenvalue weighted by atomic mass is 9.79. The van der Waals surface area contributed by atoms with Crippen LogP contribution in [0.1, 0.15) is 39.0 Å². The van der Waals surface area contributed by atoms with E-state index in [2.05, 4.69) is 5.32 Å². The summed E-state index contributed by atoms with van der Waals surface area (Å²) < 4.78 is 0. The third kappa shape index (κ3) is 1.48. The third-order valence-corrected chi connectivity index (χ3v) is 5.17. The van der Waals surface area contributed by atoms with Crippen molar-refractivity contribution in [2.45, 2.75) is 51.1 Å². The minimum Gasteiger partial charge on any atom is -0.352 e. The molecule has 3 nitrogen and oxygen atoms in total. The quantitative estimate of drug-likeness (QED) is 0.739. The summed E-state index contributed by atoms with van der Waals surface area (Å²) in [6.45, 7) is 1.76. The number of hydrogen-bond acceptors (Lipinski definition) is 2. The van der Waals surface area contributed by atoms with Gasteiger partial charge in [-0.05, 0) is 56.3 Å². The van der Waals surface area contributed by atoms with E-state index in [-0.39, 0.29) is 11.9 Å². The molecule has 3 fully saturated rings. The maximum Gasteiger partial charge on any atom is 0.236 e. The van der Waals surface area contributed by atoms with Crippen LogP contribution in [0.2, 0.25) is 0 Å². The van der Waals surface area contributed by atoms with Crippen LogP contribution < -0.4 is 11.1 Å². The molecule has 3 aliphatic rings. The molecular formula is C13H22N2O. The summed E-state index contributed by atoms with van der Waals surface area (Å²) in [7, 11) is 0. The Bertz CT molecular complexity index is 302. The van der Waals surface area contributed by atoms with Gasteiger partial charge in [0.25, 0.3) is 0 Å². The Morgan fingerprint density at radius 2 is 2.00 bits per heavy atom. The molecule has 3 saturated carbocycles. The van der Waals surface area contributed by atoms with Gasteiger partial charge in [-0.15, -0.1) is 0 Å². The van der Waals surface area contributed by atoms with E-state index in [0.29, 0.717) is 6.04 Å². The van der Waals surface area contributed by atoms with Crippen molar-refractivity contribution in [1.82, 2.24) is 5.32 Å². The molecule has 0 heterocycles. The van der Waals surface area contributed by atoms with Gasteiger partial charge < -0.3 is 11.1 Å². The number of carbonyl (C=O) groups excluding carboxylic acids is 1. The predicted octanol–water partition coefficient (Wildman–Crippen LogP) is 1.27. The Labute approximate surface area is 97.2 Å². The Balaban J connectivity index is 1.66. The van der Waals surface area contributed by atoms with Crippen molar-refractivity contribution >= 4 is 5.91 Å². The molecule has 5 unspecified atom stereocenters. The first-order valence-corrected chi connectivity index (χ1v) is 6.72. The second kappa shape index (κ2) is 3.73. The Morgan fingerprint density at radius 1 is 1.25 bits per heavy atom. The van der Waals surface area contributed by atoms with Crippen molar-refractivity contribution in [3.8, 4) is 0 Å². The molecule has 0 spiro atoms. The van der Waals surface area contributed by atoms with Crippen LogP contribution in [0.5, 0.6) is 0 Å². The zero-order chi connectivity index (χ0) is 11.3. The smallest absolute Gasteiger partial charge is 0.236 e. The van der Waals surface area contributed by atoms with Crippen molar-refractivity contribution in [2.75, 3.05) is 0 Å². The molecule has 6 atom stereocenters. The second-order valence-electron chi connectivity index (χ2n) is 6.06. The van der Waals surface area contributed by atoms with Gasteiger partial charge in [0.2, 0.25) is 5.91 Å². The van der Waals surface area contributed by atoms with Crippen LogP contribution in [0.4, 0.5) is 0 Å². The zero-order valence-electron chi connectivity index (χ0n) is 9.99. The Kier molecular flexibility index (Phi) is 2.46. The van der Waals surface area contributed by atoms with Crippen molar-refractivity contribution < 1.29 is 4.79 Å². The Morgan fingerprint density at radius 3 is 2.75 bits per heavy atom. The number of nitrogens with two attached hydrogens (primary N) is 1. The summed E-state index contributed by atoms with van der Waals surface area (Å²) in [5.74, 6) is 3.61. The van der Waals surface area contributed by atoms with Gasteiger partial charge in [-0.1, -0.05) is 6.42 Å². The molecule has 1 amide bonds. The van der Waals surface area contributed by atoms with Gasteiger partial charge in [-0.2, -0.15) is 0 Å². The summed E-state index contributed by atoms with van der Waals surface area (Å²) in [6, 6.07) is 0.0707. The monoisotopic (exact) mass is 222 g/mol. The predicted molar refractivity (Wildman–Crippen MR) is 62.6 cm³/mol. The number of carbonyl (C=O) groups is 1. The molecule has 0 aromatic heterocycles. The number of hydrogen-bond donors (Lipinski definition) is 2. The van der Waals surface area contributed by atoms with Crippen molar-refractivity contribution in [2.24, 2.45) is 29.4 Å². The van der Waals surface area contributed by atoms with Crippen LogP contribution in [0, 0.1) is 23.7 Å². The summed E-state index contributed by atoms with van der Waals surface area (Å²) in [5, 5.41) is 3.16. The van der Waals surface area contributed by atoms with Crippen molar-refractivity contribution in [1.29, 1.82) is 0 Å². The Hall–Kier alpha value is -0.570. The van der Waals surface area contributed by atoms with Gasteiger partial charge in [-0.25, -0.2) is 0 Å². The fourth-order valence-electron chi connectivity index (χ4n) is 4.55. The van der Waals surface area contributed by atoms with Crippen LogP contribution in [0.15, 0.2) is 0 Å². The van der Waals surface area contributed by atoms with Crippen LogP contribution in [0.25, 0.3) is 0 Å². The van der Waals surface area contributed by atoms with E-state index in [1.807, 2.05) is 0 Å². The zero-order valence-corrected chi connectivity index (χ0v) is 9.99. The van der Waals surface area contributed by atoms with Crippen LogP contribution in [-0.2, 0) is 4.79 Å². The van der Waals surface area contributed by atoms with Crippen LogP contribution in [0.3, 0.4) is 0 Å². The second-order valence-corrected chi connectivity index (χ2v) is 6.06. The summed E-state index contributed by atoms with van der Waals surface area (Å²) >= 11 is 0. The third-order valence-electron chi connectivity index (χ3n) is 5.17. The van der Waals surface area contributed by atoms with Crippen molar-refractivity contribution in [3.05, 3.63) is 0 Å². The fraction of sp³-hybridized carbons (Fsp3) is 0.923. The molecule has 3 N–H and O–H groups in total. The SMILES string of the molecule is C[C@@H](N)C(=O)NC1CC2CC1C1CCCC21. The fourth-order valence-corrected chi connectivity index (χ4v) is 4.55. The molecule has 0 radical (unpaired) electrons. The molecule has 0 saturated heterocycles.